The van der Waals surface area contributed by atoms with Crippen molar-refractivity contribution < 1.29 is 14.3 Å². The number of carbonyl (C=O) groups excluding carboxylic acids is 2. The zero-order chi connectivity index (χ0) is 18.8. The minimum atomic E-state index is -0.522. The molecule has 136 valence electrons. The minimum absolute atomic E-state index is 0.0171. The van der Waals surface area contributed by atoms with Crippen LogP contribution < -0.4 is 5.32 Å². The highest BCUT2D eigenvalue weighted by atomic mass is 16.5. The van der Waals surface area contributed by atoms with Gasteiger partial charge in [0.15, 0.2) is 5.78 Å². The molecule has 2 aromatic heterocycles. The van der Waals surface area contributed by atoms with E-state index in [1.165, 1.54) is 12.0 Å². The predicted molar refractivity (Wildman–Crippen MR) is 101 cm³/mol. The molecule has 7 nitrogen and oxygen atoms in total. The SMILES string of the molecule is COC(=O)N1CC(=O)c2c([nH]c(-c3ccncc3)c2Nc2ccccc2)C1. The number of anilines is 2. The Kier molecular flexibility index (Phi) is 4.33. The fourth-order valence-corrected chi connectivity index (χ4v) is 3.26. The molecule has 3 aromatic rings. The molecule has 0 spiro atoms. The van der Waals surface area contributed by atoms with Crippen LogP contribution in [0.1, 0.15) is 16.1 Å². The molecule has 2 N–H and O–H groups in total. The number of nitrogens with one attached hydrogen (secondary N) is 2. The summed E-state index contributed by atoms with van der Waals surface area (Å²) in [6.45, 7) is 0.263. The normalized spacial score (nSPS) is 13.2. The molecule has 27 heavy (non-hydrogen) atoms. The Morgan fingerprint density at radius 2 is 1.89 bits per heavy atom. The van der Waals surface area contributed by atoms with Crippen LogP contribution in [0.2, 0.25) is 0 Å². The first kappa shape index (κ1) is 16.8. The second-order valence-corrected chi connectivity index (χ2v) is 6.20. The molecular weight excluding hydrogens is 344 g/mol. The fourth-order valence-electron chi connectivity index (χ4n) is 3.26. The van der Waals surface area contributed by atoms with Gasteiger partial charge in [-0.2, -0.15) is 0 Å². The first-order valence-corrected chi connectivity index (χ1v) is 8.50. The van der Waals surface area contributed by atoms with E-state index < -0.39 is 6.09 Å². The summed E-state index contributed by atoms with van der Waals surface area (Å²) >= 11 is 0. The van der Waals surface area contributed by atoms with Crippen LogP contribution in [0.25, 0.3) is 11.3 Å². The largest absolute Gasteiger partial charge is 0.453 e. The van der Waals surface area contributed by atoms with Crippen LogP contribution in [0, 0.1) is 0 Å². The highest BCUT2D eigenvalue weighted by Gasteiger charge is 2.33. The van der Waals surface area contributed by atoms with Gasteiger partial charge in [-0.3, -0.25) is 14.7 Å². The van der Waals surface area contributed by atoms with E-state index in [0.717, 1.165) is 16.9 Å². The Hall–Kier alpha value is -3.61. The Morgan fingerprint density at radius 1 is 1.15 bits per heavy atom. The Balaban J connectivity index is 1.82. The molecule has 0 saturated carbocycles. The van der Waals surface area contributed by atoms with Crippen molar-refractivity contribution in [2.24, 2.45) is 0 Å². The summed E-state index contributed by atoms with van der Waals surface area (Å²) in [5, 5.41) is 3.36. The van der Waals surface area contributed by atoms with Crippen molar-refractivity contribution in [3.05, 3.63) is 66.1 Å². The average Bonchev–Trinajstić information content (AvgIpc) is 3.07. The van der Waals surface area contributed by atoms with Gasteiger partial charge in [-0.1, -0.05) is 18.2 Å². The molecule has 7 heteroatoms. The van der Waals surface area contributed by atoms with Crippen LogP contribution in [0.15, 0.2) is 54.9 Å². The van der Waals surface area contributed by atoms with Gasteiger partial charge in [-0.25, -0.2) is 4.79 Å². The lowest BCUT2D eigenvalue weighted by atomic mass is 10.0. The van der Waals surface area contributed by atoms with Crippen molar-refractivity contribution >= 4 is 23.3 Å². The van der Waals surface area contributed by atoms with E-state index in [9.17, 15) is 9.59 Å². The first-order valence-electron chi connectivity index (χ1n) is 8.50. The number of ether oxygens (including phenoxy) is 1. The maximum Gasteiger partial charge on any atom is 0.410 e. The summed E-state index contributed by atoms with van der Waals surface area (Å²) in [5.41, 5.74) is 4.52. The number of para-hydroxylation sites is 1. The van der Waals surface area contributed by atoms with Crippen LogP contribution in [0.3, 0.4) is 0 Å². The van der Waals surface area contributed by atoms with Gasteiger partial charge < -0.3 is 15.0 Å². The molecule has 1 aliphatic heterocycles. The minimum Gasteiger partial charge on any atom is -0.453 e. The number of Topliss-reactive ketones (excluding diaryl/α,β-unsaturated/α-hetero) is 1. The highest BCUT2D eigenvalue weighted by molar-refractivity contribution is 6.09. The van der Waals surface area contributed by atoms with Gasteiger partial charge in [-0.05, 0) is 24.3 Å². The number of fused-ring (bicyclic) bond motifs is 1. The van der Waals surface area contributed by atoms with E-state index >= 15 is 0 Å². The third kappa shape index (κ3) is 3.15. The van der Waals surface area contributed by atoms with Gasteiger partial charge in [0, 0.05) is 29.3 Å². The number of aromatic nitrogens is 2. The number of benzene rings is 1. The molecule has 0 aliphatic carbocycles. The smallest absolute Gasteiger partial charge is 0.410 e. The number of pyridine rings is 1. The third-order valence-electron chi connectivity index (χ3n) is 4.48. The predicted octanol–water partition coefficient (Wildman–Crippen LogP) is 3.59. The molecular formula is C20H18N4O3. The van der Waals surface area contributed by atoms with Crippen LogP contribution >= 0.6 is 0 Å². The number of H-pyrrole nitrogens is 1. The van der Waals surface area contributed by atoms with Gasteiger partial charge in [0.2, 0.25) is 0 Å². The second-order valence-electron chi connectivity index (χ2n) is 6.20. The number of methoxy groups -OCH3 is 1. The molecule has 0 bridgehead atoms. The summed E-state index contributed by atoms with van der Waals surface area (Å²) < 4.78 is 4.77. The lowest BCUT2D eigenvalue weighted by Gasteiger charge is -2.25. The topological polar surface area (TPSA) is 87.3 Å². The maximum atomic E-state index is 12.9. The van der Waals surface area contributed by atoms with Crippen LogP contribution in [0.5, 0.6) is 0 Å². The maximum absolute atomic E-state index is 12.9. The molecule has 0 unspecified atom stereocenters. The average molecular weight is 362 g/mol. The number of carbonyl (C=O) groups is 2. The number of hydrogen-bond acceptors (Lipinski definition) is 5. The van der Waals surface area contributed by atoms with E-state index in [2.05, 4.69) is 15.3 Å². The Bertz CT molecular complexity index is 983. The number of rotatable bonds is 3. The van der Waals surface area contributed by atoms with Crippen molar-refractivity contribution in [2.45, 2.75) is 6.54 Å². The zero-order valence-electron chi connectivity index (χ0n) is 14.7. The number of aromatic amines is 1. The number of amides is 1. The van der Waals surface area contributed by atoms with E-state index in [1.807, 2.05) is 42.5 Å². The molecule has 1 amide bonds. The van der Waals surface area contributed by atoms with Crippen molar-refractivity contribution in [1.29, 1.82) is 0 Å². The molecule has 0 atom stereocenters. The monoisotopic (exact) mass is 362 g/mol. The van der Waals surface area contributed by atoms with Gasteiger partial charge in [0.1, 0.15) is 0 Å². The van der Waals surface area contributed by atoms with E-state index in [-0.39, 0.29) is 18.9 Å². The van der Waals surface area contributed by atoms with Crippen LogP contribution in [-0.4, -0.2) is 40.4 Å². The summed E-state index contributed by atoms with van der Waals surface area (Å²) in [4.78, 5) is 33.5. The van der Waals surface area contributed by atoms with E-state index in [1.54, 1.807) is 12.4 Å². The molecule has 1 aliphatic rings. The Labute approximate surface area is 156 Å². The fraction of sp³-hybridized carbons (Fsp3) is 0.150. The molecule has 3 heterocycles. The molecule has 1 aromatic carbocycles. The molecule has 0 radical (unpaired) electrons. The van der Waals surface area contributed by atoms with Crippen molar-refractivity contribution in [2.75, 3.05) is 19.0 Å². The number of ketones is 1. The highest BCUT2D eigenvalue weighted by Crippen LogP contribution is 2.37. The van der Waals surface area contributed by atoms with Gasteiger partial charge in [0.25, 0.3) is 0 Å². The van der Waals surface area contributed by atoms with E-state index in [0.29, 0.717) is 16.9 Å². The summed E-state index contributed by atoms with van der Waals surface area (Å²) in [7, 11) is 1.31. The van der Waals surface area contributed by atoms with Crippen LogP contribution in [-0.2, 0) is 11.3 Å². The Morgan fingerprint density at radius 3 is 2.59 bits per heavy atom. The van der Waals surface area contributed by atoms with Crippen molar-refractivity contribution in [1.82, 2.24) is 14.9 Å². The standard InChI is InChI=1S/C20H18N4O3/c1-27-20(26)24-11-15-17(16(25)12-24)19(22-14-5-3-2-4-6-14)18(23-15)13-7-9-21-10-8-13/h2-10,22-23H,11-12H2,1H3. The van der Waals surface area contributed by atoms with Crippen LogP contribution in [0.4, 0.5) is 16.2 Å². The second kappa shape index (κ2) is 6.95. The number of nitrogens with zero attached hydrogens (tertiary/aromatic N) is 2. The summed E-state index contributed by atoms with van der Waals surface area (Å²) in [6.07, 6.45) is 2.88. The van der Waals surface area contributed by atoms with Gasteiger partial charge in [0.05, 0.1) is 37.1 Å². The molecule has 4 rings (SSSR count). The molecule has 0 fully saturated rings. The zero-order valence-corrected chi connectivity index (χ0v) is 14.7. The van der Waals surface area contributed by atoms with Gasteiger partial charge >= 0.3 is 6.09 Å². The molecule has 0 saturated heterocycles. The van der Waals surface area contributed by atoms with Gasteiger partial charge in [-0.15, -0.1) is 0 Å². The quantitative estimate of drug-likeness (QED) is 0.743. The third-order valence-corrected chi connectivity index (χ3v) is 4.48. The lowest BCUT2D eigenvalue weighted by molar-refractivity contribution is 0.0840. The van der Waals surface area contributed by atoms with E-state index in [4.69, 9.17) is 4.74 Å². The van der Waals surface area contributed by atoms with Crippen molar-refractivity contribution in [3.63, 3.8) is 0 Å². The summed E-state index contributed by atoms with van der Waals surface area (Å²) in [5.74, 6) is -0.142. The first-order chi connectivity index (χ1) is 13.2. The lowest BCUT2D eigenvalue weighted by Crippen LogP contribution is -2.39. The summed E-state index contributed by atoms with van der Waals surface area (Å²) in [6, 6.07) is 13.4. The number of hydrogen-bond donors (Lipinski definition) is 2. The van der Waals surface area contributed by atoms with Crippen molar-refractivity contribution in [3.8, 4) is 11.3 Å².